The van der Waals surface area contributed by atoms with Crippen LogP contribution in [-0.2, 0) is 0 Å². The monoisotopic (exact) mass is 188 g/mol. The topological polar surface area (TPSA) is 49.5 Å². The molecule has 0 aliphatic carbocycles. The number of nitrogens with zero attached hydrogens (tertiary/aromatic N) is 1. The second-order valence-electron chi connectivity index (χ2n) is 2.45. The van der Waals surface area contributed by atoms with Gasteiger partial charge in [0.2, 0.25) is 0 Å². The Morgan fingerprint density at radius 3 is 2.00 bits per heavy atom. The first kappa shape index (κ1) is 13.1. The van der Waals surface area contributed by atoms with Crippen molar-refractivity contribution in [3.05, 3.63) is 0 Å². The number of likely N-dealkylation sites (tertiary alicyclic amines) is 1. The SMILES string of the molecule is CN1C[C@@H](N)[C@@H](O)C1.Cl.Cl. The normalized spacial score (nSPS) is 32.7. The Morgan fingerprint density at radius 1 is 1.40 bits per heavy atom. The molecule has 0 bridgehead atoms. The minimum atomic E-state index is -0.306. The maximum Gasteiger partial charge on any atom is 0.0830 e. The predicted molar refractivity (Wildman–Crippen MR) is 46.0 cm³/mol. The lowest BCUT2D eigenvalue weighted by Crippen LogP contribution is -2.32. The van der Waals surface area contributed by atoms with Crippen molar-refractivity contribution in [1.82, 2.24) is 4.90 Å². The van der Waals surface area contributed by atoms with Gasteiger partial charge < -0.3 is 15.7 Å². The second-order valence-corrected chi connectivity index (χ2v) is 2.45. The van der Waals surface area contributed by atoms with Crippen molar-refractivity contribution in [2.24, 2.45) is 5.73 Å². The van der Waals surface area contributed by atoms with Crippen LogP contribution >= 0.6 is 24.8 Å². The van der Waals surface area contributed by atoms with Crippen LogP contribution < -0.4 is 5.73 Å². The molecule has 1 fully saturated rings. The Hall–Kier alpha value is 0.460. The first-order valence-corrected chi connectivity index (χ1v) is 2.82. The fourth-order valence-corrected chi connectivity index (χ4v) is 1.01. The van der Waals surface area contributed by atoms with E-state index in [1.165, 1.54) is 0 Å². The average Bonchev–Trinajstić information content (AvgIpc) is 1.85. The molecule has 0 spiro atoms. The van der Waals surface area contributed by atoms with Crippen molar-refractivity contribution in [3.63, 3.8) is 0 Å². The van der Waals surface area contributed by atoms with Crippen LogP contribution in [0.4, 0.5) is 0 Å². The van der Waals surface area contributed by atoms with Crippen molar-refractivity contribution in [3.8, 4) is 0 Å². The molecule has 0 amide bonds. The van der Waals surface area contributed by atoms with E-state index in [0.29, 0.717) is 0 Å². The Labute approximate surface area is 73.4 Å². The minimum Gasteiger partial charge on any atom is -0.390 e. The molecule has 0 aromatic carbocycles. The zero-order valence-electron chi connectivity index (χ0n) is 5.86. The molecule has 0 aromatic heterocycles. The molecule has 2 atom stereocenters. The molecular weight excluding hydrogens is 175 g/mol. The van der Waals surface area contributed by atoms with E-state index in [1.807, 2.05) is 11.9 Å². The van der Waals surface area contributed by atoms with Crippen molar-refractivity contribution >= 4 is 24.8 Å². The largest absolute Gasteiger partial charge is 0.390 e. The van der Waals surface area contributed by atoms with Crippen molar-refractivity contribution in [2.75, 3.05) is 20.1 Å². The quantitative estimate of drug-likeness (QED) is 0.538. The summed E-state index contributed by atoms with van der Waals surface area (Å²) in [5, 5.41) is 9.00. The molecule has 0 radical (unpaired) electrons. The first-order valence-electron chi connectivity index (χ1n) is 2.82. The maximum absolute atomic E-state index is 9.00. The highest BCUT2D eigenvalue weighted by Gasteiger charge is 2.24. The van der Waals surface area contributed by atoms with Crippen LogP contribution in [0.5, 0.6) is 0 Å². The number of nitrogens with two attached hydrogens (primary N) is 1. The van der Waals surface area contributed by atoms with E-state index in [1.54, 1.807) is 0 Å². The fraction of sp³-hybridized carbons (Fsp3) is 1.00. The number of halogens is 2. The smallest absolute Gasteiger partial charge is 0.0830 e. The third-order valence-electron chi connectivity index (χ3n) is 1.52. The van der Waals surface area contributed by atoms with Gasteiger partial charge in [-0.3, -0.25) is 0 Å². The summed E-state index contributed by atoms with van der Waals surface area (Å²) in [5.41, 5.74) is 5.48. The van der Waals surface area contributed by atoms with E-state index >= 15 is 0 Å². The van der Waals surface area contributed by atoms with Crippen molar-refractivity contribution in [1.29, 1.82) is 0 Å². The number of hydrogen-bond acceptors (Lipinski definition) is 3. The molecule has 1 rings (SSSR count). The van der Waals surface area contributed by atoms with Gasteiger partial charge in [0, 0.05) is 19.1 Å². The van der Waals surface area contributed by atoms with E-state index in [9.17, 15) is 0 Å². The highest BCUT2D eigenvalue weighted by molar-refractivity contribution is 5.85. The lowest BCUT2D eigenvalue weighted by molar-refractivity contribution is 0.169. The van der Waals surface area contributed by atoms with Gasteiger partial charge in [-0.25, -0.2) is 0 Å². The molecule has 0 aromatic rings. The van der Waals surface area contributed by atoms with Gasteiger partial charge >= 0.3 is 0 Å². The van der Waals surface area contributed by atoms with E-state index < -0.39 is 0 Å². The Balaban J connectivity index is 0. The van der Waals surface area contributed by atoms with Crippen molar-refractivity contribution in [2.45, 2.75) is 12.1 Å². The van der Waals surface area contributed by atoms with Gasteiger partial charge in [-0.15, -0.1) is 24.8 Å². The van der Waals surface area contributed by atoms with Crippen molar-refractivity contribution < 1.29 is 5.11 Å². The molecule has 1 saturated heterocycles. The van der Waals surface area contributed by atoms with E-state index in [-0.39, 0.29) is 37.0 Å². The summed E-state index contributed by atoms with van der Waals surface area (Å²) >= 11 is 0. The zero-order chi connectivity index (χ0) is 6.15. The summed E-state index contributed by atoms with van der Waals surface area (Å²) in [5.74, 6) is 0. The molecule has 3 N–H and O–H groups in total. The Bertz CT molecular complexity index is 83.7. The maximum atomic E-state index is 9.00. The zero-order valence-corrected chi connectivity index (χ0v) is 7.49. The predicted octanol–water partition coefficient (Wildman–Crippen LogP) is -0.536. The van der Waals surface area contributed by atoms with Gasteiger partial charge in [0.1, 0.15) is 0 Å². The average molecular weight is 189 g/mol. The van der Waals surface area contributed by atoms with E-state index in [0.717, 1.165) is 13.1 Å². The van der Waals surface area contributed by atoms with Crippen LogP contribution in [0.15, 0.2) is 0 Å². The van der Waals surface area contributed by atoms with E-state index in [4.69, 9.17) is 10.8 Å². The van der Waals surface area contributed by atoms with Gasteiger partial charge in [-0.1, -0.05) is 0 Å². The summed E-state index contributed by atoms with van der Waals surface area (Å²) in [6, 6.07) is -0.0278. The van der Waals surface area contributed by atoms with Crippen LogP contribution in [0.3, 0.4) is 0 Å². The minimum absolute atomic E-state index is 0. The number of hydrogen-bond donors (Lipinski definition) is 2. The summed E-state index contributed by atoms with van der Waals surface area (Å²) < 4.78 is 0. The second kappa shape index (κ2) is 5.16. The third kappa shape index (κ3) is 3.03. The Morgan fingerprint density at radius 2 is 1.90 bits per heavy atom. The number of rotatable bonds is 0. The number of aliphatic hydroxyl groups excluding tert-OH is 1. The molecule has 5 heteroatoms. The summed E-state index contributed by atoms with van der Waals surface area (Å²) in [6.07, 6.45) is -0.306. The molecule has 0 unspecified atom stereocenters. The molecule has 10 heavy (non-hydrogen) atoms. The molecule has 0 saturated carbocycles. The lowest BCUT2D eigenvalue weighted by atomic mass is 10.2. The summed E-state index contributed by atoms with van der Waals surface area (Å²) in [6.45, 7) is 1.54. The standard InChI is InChI=1S/C5H12N2O.2ClH/c1-7-2-4(6)5(8)3-7;;/h4-5,8H,2-3,6H2,1H3;2*1H/t4-,5+;;/m1../s1. The lowest BCUT2D eigenvalue weighted by Gasteiger charge is -2.03. The van der Waals surface area contributed by atoms with Gasteiger partial charge in [0.15, 0.2) is 0 Å². The third-order valence-corrected chi connectivity index (χ3v) is 1.52. The number of β-amino-alcohol motifs (C(OH)–C–C–N with tert-alkyl or cyclic N) is 1. The first-order chi connectivity index (χ1) is 3.70. The van der Waals surface area contributed by atoms with Crippen LogP contribution in [0.2, 0.25) is 0 Å². The molecule has 3 nitrogen and oxygen atoms in total. The number of aliphatic hydroxyl groups is 1. The van der Waals surface area contributed by atoms with Gasteiger partial charge in [-0.05, 0) is 7.05 Å². The number of likely N-dealkylation sites (N-methyl/N-ethyl adjacent to an activating group) is 1. The fourth-order valence-electron chi connectivity index (χ4n) is 1.01. The van der Waals surface area contributed by atoms with Gasteiger partial charge in [-0.2, -0.15) is 0 Å². The Kier molecular flexibility index (Phi) is 6.74. The summed E-state index contributed by atoms with van der Waals surface area (Å²) in [7, 11) is 1.95. The highest BCUT2D eigenvalue weighted by Crippen LogP contribution is 2.03. The molecule has 1 aliphatic rings. The van der Waals surface area contributed by atoms with Crippen LogP contribution in [0, 0.1) is 0 Å². The molecular formula is C5H14Cl2N2O. The molecule has 1 aliphatic heterocycles. The van der Waals surface area contributed by atoms with Crippen LogP contribution in [0.1, 0.15) is 0 Å². The van der Waals surface area contributed by atoms with Crippen LogP contribution in [-0.4, -0.2) is 42.3 Å². The van der Waals surface area contributed by atoms with E-state index in [2.05, 4.69) is 0 Å². The molecule has 1 heterocycles. The highest BCUT2D eigenvalue weighted by atomic mass is 35.5. The van der Waals surface area contributed by atoms with Crippen LogP contribution in [0.25, 0.3) is 0 Å². The van der Waals surface area contributed by atoms with Gasteiger partial charge in [0.05, 0.1) is 6.10 Å². The molecule has 64 valence electrons. The summed E-state index contributed by atoms with van der Waals surface area (Å²) in [4.78, 5) is 2.02. The van der Waals surface area contributed by atoms with Gasteiger partial charge in [0.25, 0.3) is 0 Å².